The molecule has 6 heteroatoms. The van der Waals surface area contributed by atoms with Crippen LogP contribution in [0.15, 0.2) is 47.8 Å². The van der Waals surface area contributed by atoms with Crippen molar-refractivity contribution in [2.24, 2.45) is 0 Å². The summed E-state index contributed by atoms with van der Waals surface area (Å²) in [5, 5.41) is 11.5. The van der Waals surface area contributed by atoms with Crippen LogP contribution in [0.2, 0.25) is 0 Å². The highest BCUT2D eigenvalue weighted by molar-refractivity contribution is 7.99. The van der Waals surface area contributed by atoms with E-state index >= 15 is 0 Å². The van der Waals surface area contributed by atoms with Crippen LogP contribution in [0.3, 0.4) is 0 Å². The highest BCUT2D eigenvalue weighted by Crippen LogP contribution is 2.49. The average molecular weight is 314 g/mol. The lowest BCUT2D eigenvalue weighted by atomic mass is 10.2. The van der Waals surface area contributed by atoms with Gasteiger partial charge in [0.25, 0.3) is 0 Å². The van der Waals surface area contributed by atoms with Gasteiger partial charge in [-0.1, -0.05) is 6.07 Å². The Balaban J connectivity index is 1.77. The van der Waals surface area contributed by atoms with Gasteiger partial charge in [0.15, 0.2) is 5.16 Å². The first-order valence-electron chi connectivity index (χ1n) is 7.22. The second kappa shape index (κ2) is 5.30. The zero-order valence-electron chi connectivity index (χ0n) is 12.0. The van der Waals surface area contributed by atoms with E-state index in [1.807, 2.05) is 47.9 Å². The lowest BCUT2D eigenvalue weighted by molar-refractivity contribution is 0.104. The fourth-order valence-electron chi connectivity index (χ4n) is 2.77. The van der Waals surface area contributed by atoms with E-state index in [9.17, 15) is 5.11 Å². The molecule has 5 nitrogen and oxygen atoms in total. The molecule has 1 N–H and O–H groups in total. The van der Waals surface area contributed by atoms with E-state index in [1.165, 1.54) is 0 Å². The van der Waals surface area contributed by atoms with Gasteiger partial charge >= 0.3 is 0 Å². The van der Waals surface area contributed by atoms with Crippen molar-refractivity contribution in [2.75, 3.05) is 6.61 Å². The molecule has 1 radical (unpaired) electrons. The molecule has 113 valence electrons. The molecule has 0 bridgehead atoms. The molecule has 2 atom stereocenters. The summed E-state index contributed by atoms with van der Waals surface area (Å²) in [5.74, 6) is 0.794. The zero-order chi connectivity index (χ0) is 15.1. The summed E-state index contributed by atoms with van der Waals surface area (Å²) in [7, 11) is 0. The number of pyridine rings is 1. The van der Waals surface area contributed by atoms with E-state index in [4.69, 9.17) is 4.74 Å². The summed E-state index contributed by atoms with van der Waals surface area (Å²) in [6, 6.07) is 11.6. The smallest absolute Gasteiger partial charge is 0.159 e. The van der Waals surface area contributed by atoms with Crippen molar-refractivity contribution in [3.63, 3.8) is 0 Å². The van der Waals surface area contributed by atoms with Gasteiger partial charge in [-0.05, 0) is 31.2 Å². The minimum Gasteiger partial charge on any atom is -0.494 e. The van der Waals surface area contributed by atoms with Crippen LogP contribution in [0, 0.1) is 0 Å². The predicted octanol–water partition coefficient (Wildman–Crippen LogP) is 2.90. The van der Waals surface area contributed by atoms with Crippen molar-refractivity contribution in [3.05, 3.63) is 48.3 Å². The van der Waals surface area contributed by atoms with Crippen LogP contribution in [0.1, 0.15) is 24.1 Å². The van der Waals surface area contributed by atoms with Crippen molar-refractivity contribution >= 4 is 22.8 Å². The molecule has 2 unspecified atom stereocenters. The predicted molar refractivity (Wildman–Crippen MR) is 86.4 cm³/mol. The largest absolute Gasteiger partial charge is 0.494 e. The van der Waals surface area contributed by atoms with Crippen LogP contribution < -0.4 is 4.74 Å². The Bertz CT molecular complexity index is 819. The molecule has 0 spiro atoms. The molecule has 1 aliphatic heterocycles. The van der Waals surface area contributed by atoms with Crippen molar-refractivity contribution < 1.29 is 9.84 Å². The standard InChI is InChI=1S/C16H16N3O2S/c1-2-21-10-6-7-11-13(9-10)19-15(20)14(22-16(19)18-11)12-5-3-4-8-17-12/h3-9,14-15,20,22H,2H2,1H3. The number of aliphatic hydroxyl groups is 1. The lowest BCUT2D eigenvalue weighted by Gasteiger charge is -2.15. The zero-order valence-corrected chi connectivity index (χ0v) is 12.9. The molecule has 0 saturated heterocycles. The molecule has 0 aliphatic carbocycles. The molecule has 0 fully saturated rings. The first-order valence-corrected chi connectivity index (χ1v) is 8.19. The second-order valence-corrected chi connectivity index (χ2v) is 6.32. The Labute approximate surface area is 132 Å². The number of nitrogens with zero attached hydrogens (tertiary/aromatic N) is 3. The Morgan fingerprint density at radius 2 is 2.23 bits per heavy atom. The number of aromatic nitrogens is 3. The highest BCUT2D eigenvalue weighted by atomic mass is 32.2. The fraction of sp³-hybridized carbons (Fsp3) is 0.250. The first-order chi connectivity index (χ1) is 10.8. The Hall–Kier alpha value is -2.05. The summed E-state index contributed by atoms with van der Waals surface area (Å²) >= 11 is 0.974. The third-order valence-corrected chi connectivity index (χ3v) is 5.10. The monoisotopic (exact) mass is 314 g/mol. The molecule has 3 aromatic rings. The van der Waals surface area contributed by atoms with E-state index in [2.05, 4.69) is 9.97 Å². The Morgan fingerprint density at radius 1 is 1.32 bits per heavy atom. The molecular formula is C16H16N3O2S. The Morgan fingerprint density at radius 3 is 3.00 bits per heavy atom. The van der Waals surface area contributed by atoms with Crippen molar-refractivity contribution in [1.29, 1.82) is 0 Å². The number of rotatable bonds is 3. The molecule has 2 aromatic heterocycles. The molecule has 1 aromatic carbocycles. The van der Waals surface area contributed by atoms with Crippen molar-refractivity contribution in [3.8, 4) is 5.75 Å². The minimum absolute atomic E-state index is 0.0798. The number of thiol groups is 1. The van der Waals surface area contributed by atoms with Crippen LogP contribution in [-0.4, -0.2) is 26.2 Å². The van der Waals surface area contributed by atoms with Crippen LogP contribution in [0.25, 0.3) is 11.0 Å². The number of hydrogen-bond acceptors (Lipinski definition) is 4. The van der Waals surface area contributed by atoms with Gasteiger partial charge in [0.1, 0.15) is 12.0 Å². The summed E-state index contributed by atoms with van der Waals surface area (Å²) in [5.41, 5.74) is 2.67. The van der Waals surface area contributed by atoms with Crippen LogP contribution in [0.5, 0.6) is 5.75 Å². The molecule has 0 saturated carbocycles. The molecule has 4 rings (SSSR count). The van der Waals surface area contributed by atoms with Gasteiger partial charge in [-0.15, -0.1) is 11.8 Å². The second-order valence-electron chi connectivity index (χ2n) is 5.11. The Kier molecular flexibility index (Phi) is 3.28. The maximum Gasteiger partial charge on any atom is 0.159 e. The average Bonchev–Trinajstić information content (AvgIpc) is 3.05. The van der Waals surface area contributed by atoms with Crippen molar-refractivity contribution in [2.45, 2.75) is 23.6 Å². The van der Waals surface area contributed by atoms with E-state index in [0.29, 0.717) is 6.61 Å². The van der Waals surface area contributed by atoms with Crippen LogP contribution in [0.4, 0.5) is 0 Å². The first kappa shape index (κ1) is 13.6. The molecule has 0 amide bonds. The third-order valence-electron chi connectivity index (χ3n) is 3.75. The maximum absolute atomic E-state index is 10.7. The fourth-order valence-corrected chi connectivity index (χ4v) is 4.09. The van der Waals surface area contributed by atoms with E-state index in [0.717, 1.165) is 39.4 Å². The van der Waals surface area contributed by atoms with Gasteiger partial charge in [-0.25, -0.2) is 4.98 Å². The SMILES string of the molecule is CCOc1ccc2nc3n(c2c1)C(O)C(c1ccccn1)[SH]3. The minimum atomic E-state index is -0.659. The normalized spacial score (nSPS) is 20.3. The van der Waals surface area contributed by atoms with Crippen LogP contribution in [-0.2, 0) is 0 Å². The summed E-state index contributed by atoms with van der Waals surface area (Å²) in [4.78, 5) is 9.00. The number of fused-ring (bicyclic) bond motifs is 3. The number of imidazole rings is 1. The molecule has 1 aliphatic rings. The number of hydrogen-bond donors (Lipinski definition) is 2. The summed E-state index contributed by atoms with van der Waals surface area (Å²) < 4.78 is 7.44. The number of benzene rings is 1. The van der Waals surface area contributed by atoms with E-state index < -0.39 is 6.23 Å². The van der Waals surface area contributed by atoms with E-state index in [-0.39, 0.29) is 5.25 Å². The van der Waals surface area contributed by atoms with Crippen molar-refractivity contribution in [1.82, 2.24) is 14.5 Å². The van der Waals surface area contributed by atoms with Gasteiger partial charge in [0, 0.05) is 12.3 Å². The van der Waals surface area contributed by atoms with Gasteiger partial charge in [0.05, 0.1) is 28.6 Å². The van der Waals surface area contributed by atoms with Gasteiger partial charge in [-0.2, -0.15) is 0 Å². The number of aliphatic hydroxyl groups excluding tert-OH is 1. The topological polar surface area (TPSA) is 60.2 Å². The third kappa shape index (κ3) is 2.07. The quantitative estimate of drug-likeness (QED) is 0.730. The van der Waals surface area contributed by atoms with E-state index in [1.54, 1.807) is 6.20 Å². The summed E-state index contributed by atoms with van der Waals surface area (Å²) in [6.45, 7) is 2.57. The van der Waals surface area contributed by atoms with Gasteiger partial charge in [-0.3, -0.25) is 9.55 Å². The van der Waals surface area contributed by atoms with Gasteiger partial charge in [0.2, 0.25) is 0 Å². The summed E-state index contributed by atoms with van der Waals surface area (Å²) in [6.07, 6.45) is 1.10. The highest BCUT2D eigenvalue weighted by Gasteiger charge is 2.35. The lowest BCUT2D eigenvalue weighted by Crippen LogP contribution is -2.10. The maximum atomic E-state index is 10.7. The van der Waals surface area contributed by atoms with Crippen LogP contribution >= 0.6 is 11.8 Å². The molecule has 3 heterocycles. The molecule has 22 heavy (non-hydrogen) atoms. The number of ether oxygens (including phenoxy) is 1. The molecular weight excluding hydrogens is 298 g/mol. The van der Waals surface area contributed by atoms with Gasteiger partial charge < -0.3 is 9.84 Å².